The molecule has 0 fully saturated rings. The Labute approximate surface area is 98.3 Å². The average molecular weight is 239 g/mol. The minimum atomic E-state index is -0.557. The zero-order valence-electron chi connectivity index (χ0n) is 9.63. The van der Waals surface area contributed by atoms with Gasteiger partial charge in [0.05, 0.1) is 10.5 Å². The molecule has 1 aromatic rings. The number of carbonyl (C=O) groups is 1. The van der Waals surface area contributed by atoms with E-state index in [-0.39, 0.29) is 29.6 Å². The molecule has 1 rings (SSSR count). The van der Waals surface area contributed by atoms with Crippen LogP contribution in [0, 0.1) is 10.1 Å². The van der Waals surface area contributed by atoms with Crippen molar-refractivity contribution in [1.29, 1.82) is 0 Å². The minimum absolute atomic E-state index is 0.00852. The summed E-state index contributed by atoms with van der Waals surface area (Å²) in [4.78, 5) is 21.3. The highest BCUT2D eigenvalue weighted by Crippen LogP contribution is 2.24. The van der Waals surface area contributed by atoms with E-state index in [0.717, 1.165) is 0 Å². The molecule has 92 valence electrons. The number of nitrogens with zero attached hydrogens (tertiary/aromatic N) is 1. The number of non-ortho nitro benzene ring substituents is 1. The maximum Gasteiger partial charge on any atom is 0.270 e. The van der Waals surface area contributed by atoms with E-state index in [2.05, 4.69) is 0 Å². The van der Waals surface area contributed by atoms with Crippen LogP contribution in [0.1, 0.15) is 24.2 Å². The van der Waals surface area contributed by atoms with Crippen LogP contribution in [0.4, 0.5) is 5.69 Å². The third kappa shape index (κ3) is 3.53. The van der Waals surface area contributed by atoms with Gasteiger partial charge >= 0.3 is 0 Å². The molecule has 0 amide bonds. The molecule has 0 bridgehead atoms. The molecule has 0 aromatic heterocycles. The number of benzene rings is 1. The summed E-state index contributed by atoms with van der Waals surface area (Å²) in [5, 5.41) is 10.6. The Kier molecular flexibility index (Phi) is 4.59. The van der Waals surface area contributed by atoms with E-state index >= 15 is 0 Å². The lowest BCUT2D eigenvalue weighted by molar-refractivity contribution is -0.384. The van der Waals surface area contributed by atoms with Crippen molar-refractivity contribution in [2.75, 3.05) is 13.4 Å². The summed E-state index contributed by atoms with van der Waals surface area (Å²) in [7, 11) is 0. The second-order valence-corrected chi connectivity index (χ2v) is 3.25. The van der Waals surface area contributed by atoms with E-state index in [9.17, 15) is 14.9 Å². The van der Waals surface area contributed by atoms with E-state index in [0.29, 0.717) is 6.61 Å². The molecule has 0 saturated heterocycles. The molecule has 0 aliphatic rings. The van der Waals surface area contributed by atoms with Gasteiger partial charge in [-0.15, -0.1) is 0 Å². The van der Waals surface area contributed by atoms with Gasteiger partial charge in [0.25, 0.3) is 5.69 Å². The zero-order chi connectivity index (χ0) is 12.8. The molecule has 6 nitrogen and oxygen atoms in total. The number of hydrogen-bond acceptors (Lipinski definition) is 5. The molecular formula is C11H13NO5. The average Bonchev–Trinajstić information content (AvgIpc) is 2.29. The van der Waals surface area contributed by atoms with E-state index in [1.54, 1.807) is 0 Å². The van der Waals surface area contributed by atoms with Crippen molar-refractivity contribution in [2.45, 2.75) is 13.8 Å². The van der Waals surface area contributed by atoms with Gasteiger partial charge in [0.2, 0.25) is 0 Å². The number of nitro groups is 1. The summed E-state index contributed by atoms with van der Waals surface area (Å²) in [6.07, 6.45) is 0. The van der Waals surface area contributed by atoms with Crippen LogP contribution in [0.25, 0.3) is 0 Å². The summed E-state index contributed by atoms with van der Waals surface area (Å²) < 4.78 is 10.2. The van der Waals surface area contributed by atoms with Gasteiger partial charge in [-0.1, -0.05) is 0 Å². The van der Waals surface area contributed by atoms with E-state index < -0.39 is 4.92 Å². The number of carbonyl (C=O) groups excluding carboxylic acids is 1. The minimum Gasteiger partial charge on any atom is -0.467 e. The molecule has 1 aromatic carbocycles. The highest BCUT2D eigenvalue weighted by atomic mass is 16.7. The molecule has 0 atom stereocenters. The smallest absolute Gasteiger partial charge is 0.270 e. The summed E-state index contributed by atoms with van der Waals surface area (Å²) >= 11 is 0. The van der Waals surface area contributed by atoms with E-state index in [4.69, 9.17) is 9.47 Å². The van der Waals surface area contributed by atoms with E-state index in [1.165, 1.54) is 25.1 Å². The van der Waals surface area contributed by atoms with Gasteiger partial charge < -0.3 is 9.47 Å². The predicted molar refractivity (Wildman–Crippen MR) is 60.2 cm³/mol. The van der Waals surface area contributed by atoms with Crippen molar-refractivity contribution in [2.24, 2.45) is 0 Å². The van der Waals surface area contributed by atoms with Gasteiger partial charge in [0, 0.05) is 18.7 Å². The first-order valence-corrected chi connectivity index (χ1v) is 5.06. The van der Waals surface area contributed by atoms with Crippen LogP contribution >= 0.6 is 0 Å². The highest BCUT2D eigenvalue weighted by molar-refractivity contribution is 5.97. The quantitative estimate of drug-likeness (QED) is 0.250. The van der Waals surface area contributed by atoms with Crippen molar-refractivity contribution in [1.82, 2.24) is 0 Å². The molecule has 0 radical (unpaired) electrons. The molecule has 0 aliphatic heterocycles. The second-order valence-electron chi connectivity index (χ2n) is 3.25. The van der Waals surface area contributed by atoms with Gasteiger partial charge in [-0.25, -0.2) is 0 Å². The summed E-state index contributed by atoms with van der Waals surface area (Å²) in [5.74, 6) is -0.00301. The fourth-order valence-corrected chi connectivity index (χ4v) is 1.22. The van der Waals surface area contributed by atoms with Crippen LogP contribution in [0.15, 0.2) is 18.2 Å². The molecule has 0 saturated carbocycles. The fraction of sp³-hybridized carbons (Fsp3) is 0.364. The summed E-state index contributed by atoms with van der Waals surface area (Å²) in [6.45, 7) is 3.63. The molecule has 0 aliphatic carbocycles. The summed E-state index contributed by atoms with van der Waals surface area (Å²) in [5.41, 5.74) is 0.0397. The standard InChI is InChI=1S/C11H13NO5/c1-3-16-7-17-11-5-4-9(12(14)15)6-10(11)8(2)13/h4-6H,3,7H2,1-2H3. The molecule has 0 unspecified atom stereocenters. The molecule has 0 N–H and O–H groups in total. The third-order valence-electron chi connectivity index (χ3n) is 2.06. The number of nitro benzene ring substituents is 1. The lowest BCUT2D eigenvalue weighted by atomic mass is 10.1. The molecular weight excluding hydrogens is 226 g/mol. The number of Topliss-reactive ketones (excluding diaryl/α,β-unsaturated/α-hetero) is 1. The number of ether oxygens (including phenoxy) is 2. The first-order chi connectivity index (χ1) is 8.06. The first-order valence-electron chi connectivity index (χ1n) is 5.06. The molecule has 17 heavy (non-hydrogen) atoms. The fourth-order valence-electron chi connectivity index (χ4n) is 1.22. The largest absolute Gasteiger partial charge is 0.467 e. The third-order valence-corrected chi connectivity index (χ3v) is 2.06. The highest BCUT2D eigenvalue weighted by Gasteiger charge is 2.14. The van der Waals surface area contributed by atoms with Gasteiger partial charge in [-0.05, 0) is 19.9 Å². The molecule has 0 heterocycles. The van der Waals surface area contributed by atoms with Gasteiger partial charge in [-0.3, -0.25) is 14.9 Å². The lowest BCUT2D eigenvalue weighted by Crippen LogP contribution is -2.06. The predicted octanol–water partition coefficient (Wildman–Crippen LogP) is 2.17. The molecule has 0 spiro atoms. The maximum absolute atomic E-state index is 11.3. The Hall–Kier alpha value is -1.95. The van der Waals surface area contributed by atoms with Gasteiger partial charge in [0.1, 0.15) is 5.75 Å². The number of rotatable bonds is 6. The Balaban J connectivity index is 2.96. The van der Waals surface area contributed by atoms with Crippen LogP contribution in [0.5, 0.6) is 5.75 Å². The van der Waals surface area contributed by atoms with Crippen molar-refractivity contribution in [3.05, 3.63) is 33.9 Å². The van der Waals surface area contributed by atoms with Crippen LogP contribution in [-0.2, 0) is 4.74 Å². The Morgan fingerprint density at radius 2 is 2.18 bits per heavy atom. The second kappa shape index (κ2) is 5.95. The van der Waals surface area contributed by atoms with Crippen LogP contribution in [-0.4, -0.2) is 24.1 Å². The maximum atomic E-state index is 11.3. The Morgan fingerprint density at radius 1 is 1.47 bits per heavy atom. The number of hydrogen-bond donors (Lipinski definition) is 0. The van der Waals surface area contributed by atoms with Gasteiger partial charge in [0.15, 0.2) is 12.6 Å². The SMILES string of the molecule is CCOCOc1ccc([N+](=O)[O-])cc1C(C)=O. The van der Waals surface area contributed by atoms with Crippen molar-refractivity contribution >= 4 is 11.5 Å². The first kappa shape index (κ1) is 13.1. The van der Waals surface area contributed by atoms with Crippen molar-refractivity contribution < 1.29 is 19.2 Å². The van der Waals surface area contributed by atoms with Crippen molar-refractivity contribution in [3.8, 4) is 5.75 Å². The Bertz CT molecular complexity index is 430. The monoisotopic (exact) mass is 239 g/mol. The lowest BCUT2D eigenvalue weighted by Gasteiger charge is -2.09. The van der Waals surface area contributed by atoms with Crippen LogP contribution < -0.4 is 4.74 Å². The van der Waals surface area contributed by atoms with E-state index in [1.807, 2.05) is 6.92 Å². The van der Waals surface area contributed by atoms with Crippen LogP contribution in [0.3, 0.4) is 0 Å². The van der Waals surface area contributed by atoms with Crippen LogP contribution in [0.2, 0.25) is 0 Å². The zero-order valence-corrected chi connectivity index (χ0v) is 9.63. The summed E-state index contributed by atoms with van der Waals surface area (Å²) in [6, 6.07) is 3.88. The van der Waals surface area contributed by atoms with Crippen molar-refractivity contribution in [3.63, 3.8) is 0 Å². The van der Waals surface area contributed by atoms with Gasteiger partial charge in [-0.2, -0.15) is 0 Å². The number of ketones is 1. The molecule has 6 heteroatoms. The normalized spacial score (nSPS) is 10.0. The Morgan fingerprint density at radius 3 is 2.71 bits per heavy atom. The topological polar surface area (TPSA) is 78.7 Å².